The summed E-state index contributed by atoms with van der Waals surface area (Å²) in [5, 5.41) is 6.51. The topological polar surface area (TPSA) is 41.1 Å². The molecule has 0 saturated carbocycles. The van der Waals surface area contributed by atoms with E-state index in [1.165, 1.54) is 12.8 Å². The van der Waals surface area contributed by atoms with Gasteiger partial charge >= 0.3 is 0 Å². The molecular weight excluding hydrogens is 248 g/mol. The number of amides is 1. The molecule has 20 heavy (non-hydrogen) atoms. The molecule has 1 amide bonds. The minimum absolute atomic E-state index is 0.0130. The summed E-state index contributed by atoms with van der Waals surface area (Å²) < 4.78 is 0. The van der Waals surface area contributed by atoms with E-state index in [0.29, 0.717) is 6.04 Å². The number of hydrogen-bond acceptors (Lipinski definition) is 2. The van der Waals surface area contributed by atoms with Gasteiger partial charge in [0.2, 0.25) is 0 Å². The van der Waals surface area contributed by atoms with Crippen LogP contribution in [0.25, 0.3) is 0 Å². The van der Waals surface area contributed by atoms with E-state index in [4.69, 9.17) is 0 Å². The SMILES string of the molecule is CC(C)(C)c1ccccc1C(=O)NCCC1CCCN1. The number of carbonyl (C=O) groups excluding carboxylic acids is 1. The van der Waals surface area contributed by atoms with Gasteiger partial charge in [-0.25, -0.2) is 0 Å². The molecule has 2 N–H and O–H groups in total. The van der Waals surface area contributed by atoms with Crippen molar-refractivity contribution >= 4 is 5.91 Å². The molecule has 2 rings (SSSR count). The highest BCUT2D eigenvalue weighted by molar-refractivity contribution is 5.96. The predicted molar refractivity (Wildman–Crippen MR) is 83.1 cm³/mol. The van der Waals surface area contributed by atoms with Crippen LogP contribution >= 0.6 is 0 Å². The van der Waals surface area contributed by atoms with Gasteiger partial charge in [-0.3, -0.25) is 4.79 Å². The van der Waals surface area contributed by atoms with Crippen LogP contribution in [0.15, 0.2) is 24.3 Å². The van der Waals surface area contributed by atoms with Crippen LogP contribution in [0, 0.1) is 0 Å². The predicted octanol–water partition coefficient (Wildman–Crippen LogP) is 2.86. The molecule has 1 unspecified atom stereocenters. The fourth-order valence-electron chi connectivity index (χ4n) is 2.79. The Bertz CT molecular complexity index is 456. The van der Waals surface area contributed by atoms with Crippen molar-refractivity contribution in [3.05, 3.63) is 35.4 Å². The molecule has 1 fully saturated rings. The Morgan fingerprint density at radius 2 is 2.10 bits per heavy atom. The summed E-state index contributed by atoms with van der Waals surface area (Å²) in [5.41, 5.74) is 1.90. The minimum Gasteiger partial charge on any atom is -0.352 e. The highest BCUT2D eigenvalue weighted by atomic mass is 16.1. The van der Waals surface area contributed by atoms with E-state index in [9.17, 15) is 4.79 Å². The van der Waals surface area contributed by atoms with E-state index in [-0.39, 0.29) is 11.3 Å². The quantitative estimate of drug-likeness (QED) is 0.886. The van der Waals surface area contributed by atoms with Gasteiger partial charge < -0.3 is 10.6 Å². The van der Waals surface area contributed by atoms with Crippen LogP contribution in [0.4, 0.5) is 0 Å². The molecule has 1 heterocycles. The number of benzene rings is 1. The lowest BCUT2D eigenvalue weighted by atomic mass is 9.83. The standard InChI is InChI=1S/C17H26N2O/c1-17(2,3)15-9-5-4-8-14(15)16(20)19-12-10-13-7-6-11-18-13/h4-5,8-9,13,18H,6-7,10-12H2,1-3H3,(H,19,20). The van der Waals surface area contributed by atoms with Crippen molar-refractivity contribution in [1.29, 1.82) is 0 Å². The Balaban J connectivity index is 1.95. The van der Waals surface area contributed by atoms with Crippen molar-refractivity contribution in [3.8, 4) is 0 Å². The van der Waals surface area contributed by atoms with Gasteiger partial charge in [-0.05, 0) is 42.9 Å². The third-order valence-electron chi connectivity index (χ3n) is 3.92. The van der Waals surface area contributed by atoms with E-state index in [1.54, 1.807) is 0 Å². The summed E-state index contributed by atoms with van der Waals surface area (Å²) in [4.78, 5) is 12.4. The Labute approximate surface area is 122 Å². The average molecular weight is 274 g/mol. The molecule has 110 valence electrons. The number of carbonyl (C=O) groups is 1. The molecule has 0 spiro atoms. The molecular formula is C17H26N2O. The first-order chi connectivity index (χ1) is 9.48. The largest absolute Gasteiger partial charge is 0.352 e. The minimum atomic E-state index is -0.0130. The third kappa shape index (κ3) is 3.83. The van der Waals surface area contributed by atoms with Gasteiger partial charge in [0.15, 0.2) is 0 Å². The maximum absolute atomic E-state index is 12.4. The number of hydrogen-bond donors (Lipinski definition) is 2. The maximum Gasteiger partial charge on any atom is 0.251 e. The Morgan fingerprint density at radius 1 is 1.35 bits per heavy atom. The molecule has 1 aliphatic heterocycles. The van der Waals surface area contributed by atoms with Gasteiger partial charge in [-0.15, -0.1) is 0 Å². The summed E-state index contributed by atoms with van der Waals surface area (Å²) in [6.45, 7) is 8.28. The van der Waals surface area contributed by atoms with Gasteiger partial charge in [0, 0.05) is 18.2 Å². The van der Waals surface area contributed by atoms with Crippen LogP contribution in [0.2, 0.25) is 0 Å². The fraction of sp³-hybridized carbons (Fsp3) is 0.588. The molecule has 3 nitrogen and oxygen atoms in total. The molecule has 1 aliphatic rings. The summed E-state index contributed by atoms with van der Waals surface area (Å²) >= 11 is 0. The normalized spacial score (nSPS) is 19.1. The Hall–Kier alpha value is -1.35. The molecule has 1 aromatic carbocycles. The average Bonchev–Trinajstić information content (AvgIpc) is 2.91. The van der Waals surface area contributed by atoms with Crippen molar-refractivity contribution in [3.63, 3.8) is 0 Å². The van der Waals surface area contributed by atoms with Crippen LogP contribution < -0.4 is 10.6 Å². The van der Waals surface area contributed by atoms with E-state index in [0.717, 1.165) is 30.6 Å². The molecule has 1 aromatic rings. The summed E-state index contributed by atoms with van der Waals surface area (Å²) in [7, 11) is 0. The lowest BCUT2D eigenvalue weighted by Gasteiger charge is -2.22. The summed E-state index contributed by atoms with van der Waals surface area (Å²) in [5.74, 6) is 0.0496. The van der Waals surface area contributed by atoms with E-state index < -0.39 is 0 Å². The third-order valence-corrected chi connectivity index (χ3v) is 3.92. The molecule has 0 radical (unpaired) electrons. The van der Waals surface area contributed by atoms with Gasteiger partial charge in [0.1, 0.15) is 0 Å². The van der Waals surface area contributed by atoms with Crippen LogP contribution in [-0.2, 0) is 5.41 Å². The second kappa shape index (κ2) is 6.40. The van der Waals surface area contributed by atoms with E-state index in [1.807, 2.05) is 24.3 Å². The lowest BCUT2D eigenvalue weighted by molar-refractivity contribution is 0.0950. The van der Waals surface area contributed by atoms with E-state index in [2.05, 4.69) is 31.4 Å². The highest BCUT2D eigenvalue weighted by Crippen LogP contribution is 2.25. The molecule has 0 aliphatic carbocycles. The van der Waals surface area contributed by atoms with Crippen LogP contribution in [0.3, 0.4) is 0 Å². The summed E-state index contributed by atoms with van der Waals surface area (Å²) in [6.07, 6.45) is 3.50. The molecule has 0 aromatic heterocycles. The smallest absolute Gasteiger partial charge is 0.251 e. The van der Waals surface area contributed by atoms with Crippen molar-refractivity contribution in [2.45, 2.75) is 51.5 Å². The number of rotatable bonds is 4. The molecule has 3 heteroatoms. The first kappa shape index (κ1) is 15.0. The lowest BCUT2D eigenvalue weighted by Crippen LogP contribution is -2.32. The van der Waals surface area contributed by atoms with Crippen molar-refractivity contribution in [2.75, 3.05) is 13.1 Å². The van der Waals surface area contributed by atoms with Gasteiger partial charge in [-0.1, -0.05) is 39.0 Å². The van der Waals surface area contributed by atoms with E-state index >= 15 is 0 Å². The molecule has 1 atom stereocenters. The van der Waals surface area contributed by atoms with Crippen LogP contribution in [0.1, 0.15) is 56.0 Å². The monoisotopic (exact) mass is 274 g/mol. The second-order valence-corrected chi connectivity index (χ2v) is 6.63. The van der Waals surface area contributed by atoms with Crippen molar-refractivity contribution in [2.24, 2.45) is 0 Å². The maximum atomic E-state index is 12.4. The van der Waals surface area contributed by atoms with Crippen LogP contribution in [0.5, 0.6) is 0 Å². The first-order valence-corrected chi connectivity index (χ1v) is 7.59. The summed E-state index contributed by atoms with van der Waals surface area (Å²) in [6, 6.07) is 8.48. The van der Waals surface area contributed by atoms with Gasteiger partial charge in [-0.2, -0.15) is 0 Å². The Kier molecular flexibility index (Phi) is 4.81. The zero-order valence-electron chi connectivity index (χ0n) is 12.8. The van der Waals surface area contributed by atoms with Gasteiger partial charge in [0.05, 0.1) is 0 Å². The molecule has 0 bridgehead atoms. The zero-order chi connectivity index (χ0) is 14.6. The Morgan fingerprint density at radius 3 is 2.75 bits per heavy atom. The fourth-order valence-corrected chi connectivity index (χ4v) is 2.79. The van der Waals surface area contributed by atoms with Gasteiger partial charge in [0.25, 0.3) is 5.91 Å². The van der Waals surface area contributed by atoms with Crippen LogP contribution in [-0.4, -0.2) is 25.0 Å². The first-order valence-electron chi connectivity index (χ1n) is 7.59. The highest BCUT2D eigenvalue weighted by Gasteiger charge is 2.21. The second-order valence-electron chi connectivity index (χ2n) is 6.63. The number of nitrogens with one attached hydrogen (secondary N) is 2. The zero-order valence-corrected chi connectivity index (χ0v) is 12.8. The van der Waals surface area contributed by atoms with Crippen molar-refractivity contribution < 1.29 is 4.79 Å². The molecule has 1 saturated heterocycles. The van der Waals surface area contributed by atoms with Crippen molar-refractivity contribution in [1.82, 2.24) is 10.6 Å².